The molecule has 1 aromatic heterocycles. The second kappa shape index (κ2) is 12.0. The minimum absolute atomic E-state index is 0.0140. The van der Waals surface area contributed by atoms with Gasteiger partial charge in [0.1, 0.15) is 18.1 Å². The summed E-state index contributed by atoms with van der Waals surface area (Å²) in [7, 11) is 0. The fourth-order valence-electron chi connectivity index (χ4n) is 3.12. The Bertz CT molecular complexity index is 828. The number of carbonyl (C=O) groups is 5. The quantitative estimate of drug-likeness (QED) is 0.154. The van der Waals surface area contributed by atoms with Crippen molar-refractivity contribution in [3.05, 3.63) is 18.2 Å². The van der Waals surface area contributed by atoms with Crippen molar-refractivity contribution in [2.75, 3.05) is 12.3 Å². The summed E-state index contributed by atoms with van der Waals surface area (Å²) in [4.78, 5) is 66.9. The second-order valence-electron chi connectivity index (χ2n) is 7.23. The number of nitrogens with one attached hydrogen (secondary N) is 5. The number of aliphatic carboxylic acids is 2. The van der Waals surface area contributed by atoms with Crippen molar-refractivity contribution in [1.82, 2.24) is 31.2 Å². The van der Waals surface area contributed by atoms with Crippen LogP contribution in [0.2, 0.25) is 0 Å². The van der Waals surface area contributed by atoms with Gasteiger partial charge in [-0.15, -0.1) is 0 Å². The molecule has 0 spiro atoms. The summed E-state index contributed by atoms with van der Waals surface area (Å²) in [6.45, 7) is 0.673. The van der Waals surface area contributed by atoms with E-state index < -0.39 is 60.2 Å². The first-order chi connectivity index (χ1) is 15.2. The van der Waals surface area contributed by atoms with Crippen LogP contribution in [0.25, 0.3) is 0 Å². The van der Waals surface area contributed by atoms with Crippen LogP contribution >= 0.6 is 12.6 Å². The first-order valence-corrected chi connectivity index (χ1v) is 10.5. The second-order valence-corrected chi connectivity index (χ2v) is 7.60. The third kappa shape index (κ3) is 7.53. The molecule has 14 heteroatoms. The fraction of sp³-hybridized carbons (Fsp3) is 0.556. The number of amides is 3. The van der Waals surface area contributed by atoms with E-state index in [1.165, 1.54) is 12.5 Å². The molecule has 4 atom stereocenters. The molecule has 3 amide bonds. The molecule has 1 saturated heterocycles. The van der Waals surface area contributed by atoms with Crippen molar-refractivity contribution in [2.45, 2.75) is 49.9 Å². The van der Waals surface area contributed by atoms with Crippen molar-refractivity contribution in [3.63, 3.8) is 0 Å². The normalized spacial score (nSPS) is 18.2. The number of imidazole rings is 1. The van der Waals surface area contributed by atoms with Crippen molar-refractivity contribution >= 4 is 42.3 Å². The minimum atomic E-state index is -1.56. The Hall–Kier alpha value is -3.13. The third-order valence-corrected chi connectivity index (χ3v) is 5.16. The summed E-state index contributed by atoms with van der Waals surface area (Å²) in [5.74, 6) is -5.17. The lowest BCUT2D eigenvalue weighted by Crippen LogP contribution is -2.58. The van der Waals surface area contributed by atoms with E-state index >= 15 is 0 Å². The molecule has 32 heavy (non-hydrogen) atoms. The van der Waals surface area contributed by atoms with Crippen molar-refractivity contribution in [1.29, 1.82) is 0 Å². The molecule has 0 saturated carbocycles. The topological polar surface area (TPSA) is 203 Å². The van der Waals surface area contributed by atoms with Crippen LogP contribution in [-0.2, 0) is 30.4 Å². The number of nitrogens with zero attached hydrogens (tertiary/aromatic N) is 1. The molecular formula is C18H26N6O7S. The van der Waals surface area contributed by atoms with Gasteiger partial charge < -0.3 is 36.5 Å². The van der Waals surface area contributed by atoms with Gasteiger partial charge in [-0.3, -0.25) is 19.2 Å². The summed E-state index contributed by atoms with van der Waals surface area (Å²) >= 11 is 3.84. The van der Waals surface area contributed by atoms with Crippen LogP contribution in [0.1, 0.15) is 25.0 Å². The molecular weight excluding hydrogens is 444 g/mol. The highest BCUT2D eigenvalue weighted by molar-refractivity contribution is 7.80. The van der Waals surface area contributed by atoms with Crippen LogP contribution in [-0.4, -0.2) is 86.3 Å². The molecule has 4 unspecified atom stereocenters. The Morgan fingerprint density at radius 2 is 1.78 bits per heavy atom. The predicted molar refractivity (Wildman–Crippen MR) is 113 cm³/mol. The van der Waals surface area contributed by atoms with Crippen LogP contribution in [0, 0.1) is 0 Å². The molecule has 7 N–H and O–H groups in total. The molecule has 2 heterocycles. The van der Waals surface area contributed by atoms with Gasteiger partial charge in [-0.2, -0.15) is 12.6 Å². The average molecular weight is 471 g/mol. The molecule has 2 rings (SSSR count). The smallest absolute Gasteiger partial charge is 0.327 e. The van der Waals surface area contributed by atoms with E-state index in [1.54, 1.807) is 0 Å². The van der Waals surface area contributed by atoms with Gasteiger partial charge in [0.25, 0.3) is 0 Å². The van der Waals surface area contributed by atoms with Gasteiger partial charge >= 0.3 is 11.9 Å². The summed E-state index contributed by atoms with van der Waals surface area (Å²) in [5, 5.41) is 28.3. The van der Waals surface area contributed by atoms with E-state index in [4.69, 9.17) is 10.2 Å². The maximum atomic E-state index is 12.9. The molecule has 1 aliphatic rings. The molecule has 0 aliphatic carbocycles. The maximum absolute atomic E-state index is 12.9. The average Bonchev–Trinajstić information content (AvgIpc) is 3.44. The lowest BCUT2D eigenvalue weighted by molar-refractivity contribution is -0.143. The van der Waals surface area contributed by atoms with Gasteiger partial charge in [-0.05, 0) is 19.4 Å². The fourth-order valence-corrected chi connectivity index (χ4v) is 3.37. The van der Waals surface area contributed by atoms with Gasteiger partial charge in [-0.1, -0.05) is 0 Å². The highest BCUT2D eigenvalue weighted by atomic mass is 32.1. The number of thiol groups is 1. The molecule has 0 bridgehead atoms. The number of rotatable bonds is 12. The first kappa shape index (κ1) is 25.1. The third-order valence-electron chi connectivity index (χ3n) is 4.80. The zero-order valence-corrected chi connectivity index (χ0v) is 17.9. The molecule has 0 aromatic carbocycles. The summed E-state index contributed by atoms with van der Waals surface area (Å²) in [6, 6.07) is -4.52. The lowest BCUT2D eigenvalue weighted by Gasteiger charge is -2.24. The number of aromatic amines is 1. The van der Waals surface area contributed by atoms with Crippen LogP contribution in [0.3, 0.4) is 0 Å². The van der Waals surface area contributed by atoms with Crippen LogP contribution in [0.4, 0.5) is 0 Å². The number of carbonyl (C=O) groups excluding carboxylic acids is 3. The van der Waals surface area contributed by atoms with E-state index in [0.717, 1.165) is 6.42 Å². The van der Waals surface area contributed by atoms with Crippen LogP contribution in [0.15, 0.2) is 12.5 Å². The molecule has 13 nitrogen and oxygen atoms in total. The monoisotopic (exact) mass is 470 g/mol. The van der Waals surface area contributed by atoms with Gasteiger partial charge in [-0.25, -0.2) is 9.78 Å². The molecule has 176 valence electrons. The first-order valence-electron chi connectivity index (χ1n) is 9.88. The number of hydrogen-bond acceptors (Lipinski definition) is 8. The van der Waals surface area contributed by atoms with Crippen molar-refractivity contribution in [3.8, 4) is 0 Å². The highest BCUT2D eigenvalue weighted by Crippen LogP contribution is 2.07. The number of carboxylic acid groups (broad SMARTS) is 2. The summed E-state index contributed by atoms with van der Waals surface area (Å²) in [6.07, 6.45) is 3.51. The maximum Gasteiger partial charge on any atom is 0.327 e. The predicted octanol–water partition coefficient (Wildman–Crippen LogP) is -2.35. The van der Waals surface area contributed by atoms with Gasteiger partial charge in [0, 0.05) is 24.1 Å². The minimum Gasteiger partial charge on any atom is -0.481 e. The van der Waals surface area contributed by atoms with Crippen molar-refractivity contribution in [2.24, 2.45) is 0 Å². The molecule has 0 radical (unpaired) electrons. The largest absolute Gasteiger partial charge is 0.481 e. The number of hydrogen-bond donors (Lipinski definition) is 8. The Labute approximate surface area is 188 Å². The Balaban J connectivity index is 2.14. The Morgan fingerprint density at radius 1 is 1.09 bits per heavy atom. The Morgan fingerprint density at radius 3 is 2.31 bits per heavy atom. The van der Waals surface area contributed by atoms with Gasteiger partial charge in [0.05, 0.1) is 18.8 Å². The number of carboxylic acids is 2. The number of aromatic nitrogens is 2. The zero-order chi connectivity index (χ0) is 23.7. The SMILES string of the molecule is O=C(O)CC(NC(=O)C(Cc1cnc[nH]1)NC(=O)C1CCCN1)C(=O)NC(CS)C(=O)O. The van der Waals surface area contributed by atoms with E-state index in [1.807, 2.05) is 0 Å². The van der Waals surface area contributed by atoms with Crippen LogP contribution < -0.4 is 21.3 Å². The number of H-pyrrole nitrogens is 1. The van der Waals surface area contributed by atoms with Crippen molar-refractivity contribution < 1.29 is 34.2 Å². The van der Waals surface area contributed by atoms with Crippen LogP contribution in [0.5, 0.6) is 0 Å². The van der Waals surface area contributed by atoms with E-state index in [9.17, 15) is 24.0 Å². The standard InChI is InChI=1S/C18H26N6O7S/c25-14(26)5-12(17(29)24-13(7-32)18(30)31)23-16(28)11(4-9-6-19-8-21-9)22-15(27)10-2-1-3-20-10/h6,8,10-13,20,32H,1-5,7H2,(H,19,21)(H,22,27)(H,23,28)(H,24,29)(H,25,26)(H,30,31). The van der Waals surface area contributed by atoms with Gasteiger partial charge in [0.15, 0.2) is 0 Å². The van der Waals surface area contributed by atoms with E-state index in [2.05, 4.69) is 43.9 Å². The highest BCUT2D eigenvalue weighted by Gasteiger charge is 2.32. The van der Waals surface area contributed by atoms with E-state index in [-0.39, 0.29) is 12.2 Å². The lowest BCUT2D eigenvalue weighted by atomic mass is 10.1. The van der Waals surface area contributed by atoms with Gasteiger partial charge in [0.2, 0.25) is 17.7 Å². The van der Waals surface area contributed by atoms with E-state index in [0.29, 0.717) is 18.7 Å². The zero-order valence-electron chi connectivity index (χ0n) is 17.0. The Kier molecular flexibility index (Phi) is 9.46. The molecule has 1 aliphatic heterocycles. The summed E-state index contributed by atoms with van der Waals surface area (Å²) < 4.78 is 0. The molecule has 1 fully saturated rings. The molecule has 1 aromatic rings. The summed E-state index contributed by atoms with van der Waals surface area (Å²) in [5.41, 5.74) is 0.532.